The summed E-state index contributed by atoms with van der Waals surface area (Å²) in [4.78, 5) is 17.1. The molecule has 3 rings (SSSR count). The predicted molar refractivity (Wildman–Crippen MR) is 76.7 cm³/mol. The molecule has 1 aliphatic carbocycles. The van der Waals surface area contributed by atoms with E-state index >= 15 is 0 Å². The summed E-state index contributed by atoms with van der Waals surface area (Å²) in [7, 11) is 1.44. The first-order valence-electron chi connectivity index (χ1n) is 5.37. The van der Waals surface area contributed by atoms with Crippen LogP contribution in [0.3, 0.4) is 0 Å². The normalized spacial score (nSPS) is 11.1. The van der Waals surface area contributed by atoms with Gasteiger partial charge in [-0.2, -0.15) is 0 Å². The van der Waals surface area contributed by atoms with E-state index in [9.17, 15) is 9.18 Å². The monoisotopic (exact) mass is 339 g/mol. The lowest BCUT2D eigenvalue weighted by Crippen LogP contribution is -2.08. The molecular formula is C13H7BrFNO2S. The minimum Gasteiger partial charge on any atom is -0.493 e. The van der Waals surface area contributed by atoms with Crippen LogP contribution in [-0.2, 0) is 0 Å². The van der Waals surface area contributed by atoms with Crippen molar-refractivity contribution >= 4 is 37.5 Å². The van der Waals surface area contributed by atoms with Crippen molar-refractivity contribution in [3.05, 3.63) is 44.8 Å². The molecule has 0 N–H and O–H groups in total. The Bertz CT molecular complexity index is 818. The standard InChI is InChI=1S/C13H7BrFNO2S/c1-18-9-5-8-13(11(14)12(9)17)19-10-4-6(15)2-3-7(10)16-8/h2-5H,1H3. The third kappa shape index (κ3) is 2.01. The number of nitrogens with zero attached hydrogens (tertiary/aromatic N) is 1. The van der Waals surface area contributed by atoms with E-state index in [4.69, 9.17) is 4.74 Å². The number of halogens is 2. The van der Waals surface area contributed by atoms with Crippen LogP contribution >= 0.6 is 27.3 Å². The Morgan fingerprint density at radius 2 is 2.16 bits per heavy atom. The van der Waals surface area contributed by atoms with Crippen LogP contribution in [0.4, 0.5) is 4.39 Å². The van der Waals surface area contributed by atoms with Gasteiger partial charge in [0.15, 0.2) is 5.75 Å². The van der Waals surface area contributed by atoms with Crippen molar-refractivity contribution in [3.8, 4) is 16.3 Å². The van der Waals surface area contributed by atoms with Crippen molar-refractivity contribution in [3.63, 3.8) is 0 Å². The van der Waals surface area contributed by atoms with Crippen LogP contribution in [0, 0.1) is 5.82 Å². The minimum absolute atomic E-state index is 0.233. The summed E-state index contributed by atoms with van der Waals surface area (Å²) in [6.45, 7) is 0. The van der Waals surface area contributed by atoms with E-state index in [1.807, 2.05) is 0 Å². The number of hydrogen-bond acceptors (Lipinski definition) is 4. The van der Waals surface area contributed by atoms with Crippen molar-refractivity contribution in [1.29, 1.82) is 0 Å². The number of benzene rings is 2. The second-order valence-corrected chi connectivity index (χ2v) is 5.74. The molecule has 96 valence electrons. The van der Waals surface area contributed by atoms with Crippen molar-refractivity contribution in [1.82, 2.24) is 4.98 Å². The molecule has 0 saturated carbocycles. The van der Waals surface area contributed by atoms with Crippen molar-refractivity contribution in [2.24, 2.45) is 0 Å². The van der Waals surface area contributed by atoms with Crippen LogP contribution in [0.25, 0.3) is 20.8 Å². The molecule has 1 aliphatic heterocycles. The molecule has 0 bridgehead atoms. The molecule has 0 fully saturated rings. The summed E-state index contributed by atoms with van der Waals surface area (Å²) >= 11 is 4.58. The summed E-state index contributed by atoms with van der Waals surface area (Å²) in [6, 6.07) is 5.99. The molecule has 0 unspecified atom stereocenters. The molecule has 0 saturated heterocycles. The second-order valence-electron chi connectivity index (χ2n) is 3.90. The SMILES string of the molecule is COc1cc2nc3ccc(F)cc3sc-2c(Br)c1=O. The Labute approximate surface area is 120 Å². The van der Waals surface area contributed by atoms with Crippen LogP contribution in [-0.4, -0.2) is 12.1 Å². The topological polar surface area (TPSA) is 39.2 Å². The quantitative estimate of drug-likeness (QED) is 0.635. The number of methoxy groups -OCH3 is 1. The van der Waals surface area contributed by atoms with Gasteiger partial charge in [-0.3, -0.25) is 4.79 Å². The highest BCUT2D eigenvalue weighted by atomic mass is 79.9. The lowest BCUT2D eigenvalue weighted by molar-refractivity contribution is 0.410. The van der Waals surface area contributed by atoms with Crippen LogP contribution in [0.1, 0.15) is 0 Å². The predicted octanol–water partition coefficient (Wildman–Crippen LogP) is 3.67. The van der Waals surface area contributed by atoms with Crippen LogP contribution in [0.5, 0.6) is 5.75 Å². The molecule has 6 heteroatoms. The average molecular weight is 340 g/mol. The van der Waals surface area contributed by atoms with E-state index in [2.05, 4.69) is 20.9 Å². The van der Waals surface area contributed by atoms with Gasteiger partial charge in [0, 0.05) is 6.07 Å². The maximum atomic E-state index is 13.2. The van der Waals surface area contributed by atoms with E-state index in [-0.39, 0.29) is 17.0 Å². The summed E-state index contributed by atoms with van der Waals surface area (Å²) in [5.74, 6) is -0.0857. The molecule has 0 amide bonds. The largest absolute Gasteiger partial charge is 0.493 e. The van der Waals surface area contributed by atoms with Gasteiger partial charge in [0.25, 0.3) is 0 Å². The van der Waals surface area contributed by atoms with Crippen LogP contribution in [0.15, 0.2) is 33.5 Å². The maximum Gasteiger partial charge on any atom is 0.236 e. The fourth-order valence-corrected chi connectivity index (χ4v) is 3.45. The number of ether oxygens (including phenoxy) is 1. The zero-order chi connectivity index (χ0) is 13.6. The summed E-state index contributed by atoms with van der Waals surface area (Å²) in [5.41, 5.74) is 1.10. The van der Waals surface area contributed by atoms with Gasteiger partial charge in [0.1, 0.15) is 5.82 Å². The summed E-state index contributed by atoms with van der Waals surface area (Å²) < 4.78 is 19.3. The highest BCUT2D eigenvalue weighted by Crippen LogP contribution is 2.36. The first-order chi connectivity index (χ1) is 9.10. The Hall–Kier alpha value is -1.53. The fourth-order valence-electron chi connectivity index (χ4n) is 1.81. The van der Waals surface area contributed by atoms with Gasteiger partial charge in [0.2, 0.25) is 5.43 Å². The first kappa shape index (κ1) is 12.5. The van der Waals surface area contributed by atoms with Crippen molar-refractivity contribution in [2.75, 3.05) is 7.11 Å². The number of rotatable bonds is 1. The first-order valence-corrected chi connectivity index (χ1v) is 6.97. The fraction of sp³-hybridized carbons (Fsp3) is 0.0769. The van der Waals surface area contributed by atoms with E-state index in [1.165, 1.54) is 30.6 Å². The Balaban J connectivity index is 2.45. The number of aromatic nitrogens is 1. The van der Waals surface area contributed by atoms with Crippen LogP contribution in [0.2, 0.25) is 0 Å². The highest BCUT2D eigenvalue weighted by Gasteiger charge is 2.17. The molecular weight excluding hydrogens is 333 g/mol. The third-order valence-corrected chi connectivity index (χ3v) is 4.90. The number of fused-ring (bicyclic) bond motifs is 2. The smallest absolute Gasteiger partial charge is 0.236 e. The molecule has 1 heterocycles. The van der Waals surface area contributed by atoms with Gasteiger partial charge in [-0.15, -0.1) is 11.3 Å². The Morgan fingerprint density at radius 3 is 2.89 bits per heavy atom. The molecule has 0 atom stereocenters. The highest BCUT2D eigenvalue weighted by molar-refractivity contribution is 9.10. The lowest BCUT2D eigenvalue weighted by atomic mass is 10.2. The Morgan fingerprint density at radius 1 is 1.37 bits per heavy atom. The van der Waals surface area contributed by atoms with Gasteiger partial charge in [-0.05, 0) is 34.1 Å². The average Bonchev–Trinajstić information content (AvgIpc) is 2.41. The minimum atomic E-state index is -0.322. The molecule has 19 heavy (non-hydrogen) atoms. The molecule has 0 radical (unpaired) electrons. The van der Waals surface area contributed by atoms with Gasteiger partial charge in [-0.25, -0.2) is 9.37 Å². The zero-order valence-corrected chi connectivity index (χ0v) is 12.1. The Kier molecular flexibility index (Phi) is 2.99. The number of hydrogen-bond donors (Lipinski definition) is 0. The zero-order valence-electron chi connectivity index (χ0n) is 9.74. The van der Waals surface area contributed by atoms with Gasteiger partial charge < -0.3 is 4.74 Å². The molecule has 1 aromatic carbocycles. The molecule has 2 aliphatic rings. The van der Waals surface area contributed by atoms with Crippen molar-refractivity contribution in [2.45, 2.75) is 0 Å². The van der Waals surface area contributed by atoms with E-state index in [1.54, 1.807) is 12.1 Å². The third-order valence-electron chi connectivity index (χ3n) is 2.72. The molecule has 0 aromatic heterocycles. The summed E-state index contributed by atoms with van der Waals surface area (Å²) in [6.07, 6.45) is 0. The van der Waals surface area contributed by atoms with Crippen LogP contribution < -0.4 is 10.2 Å². The molecule has 0 spiro atoms. The maximum absolute atomic E-state index is 13.2. The molecule has 3 nitrogen and oxygen atoms in total. The van der Waals surface area contributed by atoms with E-state index in [0.29, 0.717) is 25.3 Å². The van der Waals surface area contributed by atoms with E-state index in [0.717, 1.165) is 0 Å². The van der Waals surface area contributed by atoms with E-state index < -0.39 is 0 Å². The lowest BCUT2D eigenvalue weighted by Gasteiger charge is -2.09. The second kappa shape index (κ2) is 4.54. The molecule has 1 aromatic rings. The van der Waals surface area contributed by atoms with Gasteiger partial charge in [-0.1, -0.05) is 0 Å². The summed E-state index contributed by atoms with van der Waals surface area (Å²) in [5, 5.41) is 0. The van der Waals surface area contributed by atoms with Gasteiger partial charge in [0.05, 0.1) is 32.4 Å². The van der Waals surface area contributed by atoms with Gasteiger partial charge >= 0.3 is 0 Å². The van der Waals surface area contributed by atoms with Crippen molar-refractivity contribution < 1.29 is 9.13 Å².